The number of benzene rings is 1. The molecule has 2 heterocycles. The van der Waals surface area contributed by atoms with E-state index in [1.807, 2.05) is 0 Å². The van der Waals surface area contributed by atoms with E-state index in [2.05, 4.69) is 4.98 Å². The van der Waals surface area contributed by atoms with Crippen LogP contribution in [-0.2, 0) is 25.6 Å². The molecule has 10 heteroatoms. The fraction of sp³-hybridized carbons (Fsp3) is 0.250. The molecule has 0 bridgehead atoms. The molecule has 1 aliphatic heterocycles. The van der Waals surface area contributed by atoms with Crippen LogP contribution in [0.4, 0.5) is 5.69 Å². The van der Waals surface area contributed by atoms with E-state index in [0.29, 0.717) is 5.56 Å². The molecule has 0 fully saturated rings. The van der Waals surface area contributed by atoms with Crippen LogP contribution < -0.4 is 4.31 Å². The number of halogens is 1. The topological polar surface area (TPSA) is 101 Å². The van der Waals surface area contributed by atoms with Gasteiger partial charge in [0.2, 0.25) is 15.8 Å². The third-order valence-corrected chi connectivity index (χ3v) is 7.71. The summed E-state index contributed by atoms with van der Waals surface area (Å²) in [5, 5.41) is -1.62. The minimum absolute atomic E-state index is 0.0426. The summed E-state index contributed by atoms with van der Waals surface area (Å²) in [5.41, 5.74) is 0.571. The van der Waals surface area contributed by atoms with Crippen LogP contribution in [0.2, 0.25) is 5.02 Å². The van der Waals surface area contributed by atoms with Gasteiger partial charge in [0, 0.05) is 13.2 Å². The lowest BCUT2D eigenvalue weighted by atomic mass is 10.0. The summed E-state index contributed by atoms with van der Waals surface area (Å²) in [4.78, 5) is 16.8. The van der Waals surface area contributed by atoms with E-state index in [9.17, 15) is 21.6 Å². The normalized spacial score (nSPS) is 19.0. The summed E-state index contributed by atoms with van der Waals surface area (Å²) in [6.45, 7) is 0. The molecule has 1 atom stereocenters. The van der Waals surface area contributed by atoms with E-state index in [-0.39, 0.29) is 27.7 Å². The van der Waals surface area contributed by atoms with E-state index in [0.717, 1.165) is 10.6 Å². The number of sulfone groups is 1. The Balaban J connectivity index is 2.20. The summed E-state index contributed by atoms with van der Waals surface area (Å²) in [6.07, 6.45) is 2.42. The van der Waals surface area contributed by atoms with Crippen molar-refractivity contribution in [3.8, 4) is 0 Å². The first kappa shape index (κ1) is 18.8. The quantitative estimate of drug-likeness (QED) is 0.761. The number of hydrogen-bond donors (Lipinski definition) is 0. The first-order valence-corrected chi connectivity index (χ1v) is 11.4. The van der Waals surface area contributed by atoms with Gasteiger partial charge >= 0.3 is 0 Å². The molecule has 1 unspecified atom stereocenters. The second-order valence-electron chi connectivity index (χ2n) is 5.97. The van der Waals surface area contributed by atoms with Crippen molar-refractivity contribution in [2.24, 2.45) is 0 Å². The van der Waals surface area contributed by atoms with Crippen LogP contribution in [0.5, 0.6) is 0 Å². The molecule has 0 saturated heterocycles. The summed E-state index contributed by atoms with van der Waals surface area (Å²) < 4.78 is 50.0. The SMILES string of the molecule is CN(c1cccc(C2C(=O)c3ncccc3CS2(=O)=O)c1Cl)S(C)(=O)=O. The van der Waals surface area contributed by atoms with Crippen LogP contribution in [0.3, 0.4) is 0 Å². The van der Waals surface area contributed by atoms with E-state index < -0.39 is 30.9 Å². The lowest BCUT2D eigenvalue weighted by Gasteiger charge is -2.26. The number of aromatic nitrogens is 1. The Morgan fingerprint density at radius 1 is 1.23 bits per heavy atom. The molecule has 0 N–H and O–H groups in total. The number of Topliss-reactive ketones (excluding diaryl/α,β-unsaturated/α-hetero) is 1. The number of rotatable bonds is 3. The number of pyridine rings is 1. The van der Waals surface area contributed by atoms with Crippen molar-refractivity contribution in [1.82, 2.24) is 4.98 Å². The number of hydrogen-bond acceptors (Lipinski definition) is 6. The number of sulfonamides is 1. The monoisotopic (exact) mass is 414 g/mol. The van der Waals surface area contributed by atoms with E-state index in [4.69, 9.17) is 11.6 Å². The fourth-order valence-electron chi connectivity index (χ4n) is 2.86. The molecule has 1 aromatic heterocycles. The molecule has 0 saturated carbocycles. The lowest BCUT2D eigenvalue weighted by Crippen LogP contribution is -2.31. The number of ketones is 1. The van der Waals surface area contributed by atoms with Gasteiger partial charge in [-0.05, 0) is 23.3 Å². The second kappa shape index (κ2) is 6.33. The van der Waals surface area contributed by atoms with Gasteiger partial charge in [-0.25, -0.2) is 16.8 Å². The van der Waals surface area contributed by atoms with Gasteiger partial charge in [-0.15, -0.1) is 0 Å². The lowest BCUT2D eigenvalue weighted by molar-refractivity contribution is 0.0979. The zero-order chi connectivity index (χ0) is 19.3. The molecule has 26 heavy (non-hydrogen) atoms. The maximum atomic E-state index is 12.8. The highest BCUT2D eigenvalue weighted by Crippen LogP contribution is 2.41. The van der Waals surface area contributed by atoms with E-state index >= 15 is 0 Å². The van der Waals surface area contributed by atoms with Crippen molar-refractivity contribution in [3.63, 3.8) is 0 Å². The maximum absolute atomic E-state index is 12.8. The highest BCUT2D eigenvalue weighted by Gasteiger charge is 2.42. The number of fused-ring (bicyclic) bond motifs is 1. The predicted molar refractivity (Wildman–Crippen MR) is 98.6 cm³/mol. The highest BCUT2D eigenvalue weighted by molar-refractivity contribution is 7.92. The Morgan fingerprint density at radius 3 is 2.58 bits per heavy atom. The molecule has 2 aromatic rings. The molecular weight excluding hydrogens is 400 g/mol. The summed E-state index contributed by atoms with van der Waals surface area (Å²) in [6, 6.07) is 7.43. The average molecular weight is 415 g/mol. The van der Waals surface area contributed by atoms with Crippen molar-refractivity contribution >= 4 is 42.9 Å². The molecule has 0 radical (unpaired) electrons. The van der Waals surface area contributed by atoms with Gasteiger partial charge in [0.25, 0.3) is 0 Å². The Morgan fingerprint density at radius 2 is 1.92 bits per heavy atom. The van der Waals surface area contributed by atoms with Crippen molar-refractivity contribution in [2.75, 3.05) is 17.6 Å². The zero-order valence-electron chi connectivity index (χ0n) is 13.9. The molecular formula is C16H15ClN2O5S2. The molecule has 1 aliphatic rings. The van der Waals surface area contributed by atoms with Crippen LogP contribution in [0.15, 0.2) is 36.5 Å². The predicted octanol–water partition coefficient (Wildman–Crippen LogP) is 1.98. The number of anilines is 1. The van der Waals surface area contributed by atoms with Crippen LogP contribution >= 0.6 is 11.6 Å². The molecule has 138 valence electrons. The van der Waals surface area contributed by atoms with E-state index in [1.54, 1.807) is 12.1 Å². The Labute approximate surface area is 156 Å². The van der Waals surface area contributed by atoms with E-state index in [1.165, 1.54) is 31.4 Å². The first-order chi connectivity index (χ1) is 12.0. The first-order valence-electron chi connectivity index (χ1n) is 7.46. The second-order valence-corrected chi connectivity index (χ2v) is 10.5. The molecule has 3 rings (SSSR count). The largest absolute Gasteiger partial charge is 0.291 e. The smallest absolute Gasteiger partial charge is 0.232 e. The fourth-order valence-corrected chi connectivity index (χ4v) is 5.70. The van der Waals surface area contributed by atoms with Crippen LogP contribution in [0.25, 0.3) is 0 Å². The zero-order valence-corrected chi connectivity index (χ0v) is 16.3. The Hall–Kier alpha value is -1.97. The molecule has 0 amide bonds. The van der Waals surface area contributed by atoms with Gasteiger partial charge in [-0.3, -0.25) is 14.1 Å². The van der Waals surface area contributed by atoms with Gasteiger partial charge < -0.3 is 0 Å². The average Bonchev–Trinajstić information content (AvgIpc) is 2.54. The molecule has 0 aliphatic carbocycles. The highest BCUT2D eigenvalue weighted by atomic mass is 35.5. The molecule has 7 nitrogen and oxygen atoms in total. The van der Waals surface area contributed by atoms with Crippen LogP contribution in [-0.4, -0.2) is 40.9 Å². The standard InChI is InChI=1S/C16H15ClN2O5S2/c1-19(25(2,21)22)12-7-3-6-11(13(12)17)16-15(20)14-10(5-4-8-18-14)9-26(16,23)24/h3-8,16H,9H2,1-2H3. The minimum Gasteiger partial charge on any atom is -0.291 e. The van der Waals surface area contributed by atoms with Crippen LogP contribution in [0.1, 0.15) is 26.9 Å². The minimum atomic E-state index is -3.88. The van der Waals surface area contributed by atoms with Gasteiger partial charge in [-0.2, -0.15) is 0 Å². The molecule has 1 aromatic carbocycles. The van der Waals surface area contributed by atoms with Crippen molar-refractivity contribution in [2.45, 2.75) is 11.0 Å². The third-order valence-electron chi connectivity index (χ3n) is 4.21. The van der Waals surface area contributed by atoms with Crippen molar-refractivity contribution in [1.29, 1.82) is 0 Å². The number of carbonyl (C=O) groups excluding carboxylic acids is 1. The van der Waals surface area contributed by atoms with Gasteiger partial charge in [-0.1, -0.05) is 29.8 Å². The Kier molecular flexibility index (Phi) is 4.58. The third kappa shape index (κ3) is 3.10. The van der Waals surface area contributed by atoms with Crippen LogP contribution in [0, 0.1) is 0 Å². The maximum Gasteiger partial charge on any atom is 0.232 e. The number of nitrogens with zero attached hydrogens (tertiary/aromatic N) is 2. The summed E-state index contributed by atoms with van der Waals surface area (Å²) >= 11 is 6.32. The van der Waals surface area contributed by atoms with Crippen molar-refractivity contribution < 1.29 is 21.6 Å². The number of carbonyl (C=O) groups is 1. The van der Waals surface area contributed by atoms with Gasteiger partial charge in [0.1, 0.15) is 5.69 Å². The van der Waals surface area contributed by atoms with Gasteiger partial charge in [0.05, 0.1) is 22.7 Å². The van der Waals surface area contributed by atoms with Crippen molar-refractivity contribution in [3.05, 3.63) is 58.4 Å². The summed E-state index contributed by atoms with van der Waals surface area (Å²) in [5.74, 6) is -1.01. The Bertz CT molecular complexity index is 1110. The summed E-state index contributed by atoms with van der Waals surface area (Å²) in [7, 11) is -6.20. The van der Waals surface area contributed by atoms with Gasteiger partial charge in [0.15, 0.2) is 15.1 Å². The molecule has 0 spiro atoms.